The first kappa shape index (κ1) is 12.4. The van der Waals surface area contributed by atoms with Crippen molar-refractivity contribution in [3.05, 3.63) is 60.1 Å². The summed E-state index contributed by atoms with van der Waals surface area (Å²) in [4.78, 5) is 0. The number of halogens is 1. The van der Waals surface area contributed by atoms with Crippen LogP contribution >= 0.6 is 15.9 Å². The quantitative estimate of drug-likeness (QED) is 0.752. The Morgan fingerprint density at radius 2 is 1.94 bits per heavy atom. The summed E-state index contributed by atoms with van der Waals surface area (Å²) in [5.74, 6) is 1.25. The number of hydrogen-bond acceptors (Lipinski definition) is 2. The lowest BCUT2D eigenvalue weighted by atomic mass is 10.0. The van der Waals surface area contributed by atoms with Gasteiger partial charge in [0.2, 0.25) is 0 Å². The Hall–Kier alpha value is -1.06. The number of benzene rings is 1. The fraction of sp³-hybridized carbons (Fsp3) is 0.286. The monoisotopic (exact) mass is 294 g/mol. The van der Waals surface area contributed by atoms with Crippen molar-refractivity contribution in [1.29, 1.82) is 0 Å². The molecule has 0 aliphatic heterocycles. The van der Waals surface area contributed by atoms with E-state index in [1.807, 2.05) is 18.2 Å². The van der Waals surface area contributed by atoms with Gasteiger partial charge in [0.25, 0.3) is 0 Å². The molecule has 1 unspecified atom stereocenters. The minimum absolute atomic E-state index is 0.381. The third-order valence-corrected chi connectivity index (χ3v) is 3.38. The van der Waals surface area contributed by atoms with Crippen LogP contribution in [-0.2, 0) is 11.3 Å². The molecule has 90 valence electrons. The van der Waals surface area contributed by atoms with Crippen molar-refractivity contribution in [3.8, 4) is 0 Å². The van der Waals surface area contributed by atoms with Crippen molar-refractivity contribution < 1.29 is 9.15 Å². The van der Waals surface area contributed by atoms with Crippen LogP contribution in [-0.4, -0.2) is 11.9 Å². The molecule has 1 aromatic heterocycles. The molecule has 0 saturated heterocycles. The smallest absolute Gasteiger partial charge is 0.129 e. The number of rotatable bonds is 6. The predicted octanol–water partition coefficient (Wildman–Crippen LogP) is 3.97. The second-order valence-electron chi connectivity index (χ2n) is 3.86. The molecule has 0 amide bonds. The second-order valence-corrected chi connectivity index (χ2v) is 4.50. The van der Waals surface area contributed by atoms with Crippen molar-refractivity contribution in [2.24, 2.45) is 0 Å². The molecule has 17 heavy (non-hydrogen) atoms. The van der Waals surface area contributed by atoms with Crippen LogP contribution in [0.5, 0.6) is 0 Å². The van der Waals surface area contributed by atoms with Crippen molar-refractivity contribution in [3.63, 3.8) is 0 Å². The van der Waals surface area contributed by atoms with Gasteiger partial charge in [0.15, 0.2) is 0 Å². The first-order chi connectivity index (χ1) is 8.40. The summed E-state index contributed by atoms with van der Waals surface area (Å²) in [5, 5.41) is 0.898. The lowest BCUT2D eigenvalue weighted by Gasteiger charge is -2.14. The van der Waals surface area contributed by atoms with Gasteiger partial charge < -0.3 is 9.15 Å². The van der Waals surface area contributed by atoms with E-state index in [2.05, 4.69) is 40.2 Å². The molecule has 0 radical (unpaired) electrons. The third kappa shape index (κ3) is 3.72. The molecular formula is C14H15BrO2. The second kappa shape index (κ2) is 6.62. The van der Waals surface area contributed by atoms with Crippen LogP contribution in [0.25, 0.3) is 0 Å². The summed E-state index contributed by atoms with van der Waals surface area (Å²) in [6.45, 7) is 1.22. The maximum Gasteiger partial charge on any atom is 0.129 e. The average molecular weight is 295 g/mol. The van der Waals surface area contributed by atoms with Crippen LogP contribution in [0.3, 0.4) is 0 Å². The molecule has 0 spiro atoms. The number of alkyl halides is 1. The topological polar surface area (TPSA) is 22.4 Å². The van der Waals surface area contributed by atoms with Crippen LogP contribution in [0.1, 0.15) is 17.2 Å². The molecule has 1 atom stereocenters. The summed E-state index contributed by atoms with van der Waals surface area (Å²) in [6, 6.07) is 14.2. The van der Waals surface area contributed by atoms with Crippen molar-refractivity contribution in [2.45, 2.75) is 12.5 Å². The number of furan rings is 1. The Labute approximate surface area is 110 Å². The molecule has 0 fully saturated rings. The summed E-state index contributed by atoms with van der Waals surface area (Å²) in [5.41, 5.74) is 1.30. The molecule has 0 N–H and O–H groups in total. The van der Waals surface area contributed by atoms with Crippen LogP contribution in [0, 0.1) is 0 Å². The van der Waals surface area contributed by atoms with E-state index >= 15 is 0 Å². The van der Waals surface area contributed by atoms with Gasteiger partial charge >= 0.3 is 0 Å². The highest BCUT2D eigenvalue weighted by molar-refractivity contribution is 9.09. The molecule has 2 nitrogen and oxygen atoms in total. The van der Waals surface area contributed by atoms with Gasteiger partial charge in [-0.25, -0.2) is 0 Å². The molecule has 0 saturated carbocycles. The molecule has 2 rings (SSSR count). The molecular weight excluding hydrogens is 280 g/mol. The van der Waals surface area contributed by atoms with Gasteiger partial charge in [0, 0.05) is 11.2 Å². The van der Waals surface area contributed by atoms with Gasteiger partial charge in [-0.05, 0) is 17.7 Å². The minimum atomic E-state index is 0.381. The number of ether oxygens (including phenoxy) is 1. The van der Waals surface area contributed by atoms with Gasteiger partial charge in [-0.1, -0.05) is 46.3 Å². The van der Waals surface area contributed by atoms with E-state index in [0.29, 0.717) is 19.1 Å². The van der Waals surface area contributed by atoms with E-state index in [4.69, 9.17) is 9.15 Å². The number of hydrogen-bond donors (Lipinski definition) is 0. The van der Waals surface area contributed by atoms with E-state index in [0.717, 1.165) is 11.1 Å². The van der Waals surface area contributed by atoms with Crippen molar-refractivity contribution in [1.82, 2.24) is 0 Å². The summed E-state index contributed by atoms with van der Waals surface area (Å²) in [6.07, 6.45) is 1.66. The van der Waals surface area contributed by atoms with Crippen molar-refractivity contribution in [2.75, 3.05) is 11.9 Å². The zero-order valence-corrected chi connectivity index (χ0v) is 11.1. The molecule has 2 aromatic rings. The highest BCUT2D eigenvalue weighted by Gasteiger charge is 2.10. The third-order valence-electron chi connectivity index (χ3n) is 2.60. The van der Waals surface area contributed by atoms with Gasteiger partial charge in [-0.2, -0.15) is 0 Å². The zero-order chi connectivity index (χ0) is 11.9. The van der Waals surface area contributed by atoms with E-state index in [9.17, 15) is 0 Å². The molecule has 1 aromatic carbocycles. The van der Waals surface area contributed by atoms with E-state index in [-0.39, 0.29) is 0 Å². The van der Waals surface area contributed by atoms with Crippen LogP contribution in [0.15, 0.2) is 53.1 Å². The van der Waals surface area contributed by atoms with Gasteiger partial charge in [0.05, 0.1) is 12.9 Å². The Kier molecular flexibility index (Phi) is 4.83. The van der Waals surface area contributed by atoms with Crippen LogP contribution in [0.4, 0.5) is 0 Å². The summed E-state index contributed by atoms with van der Waals surface area (Å²) < 4.78 is 10.9. The molecule has 3 heteroatoms. The van der Waals surface area contributed by atoms with E-state index in [1.165, 1.54) is 5.56 Å². The predicted molar refractivity (Wildman–Crippen MR) is 71.3 cm³/mol. The maximum absolute atomic E-state index is 5.66. The maximum atomic E-state index is 5.66. The normalized spacial score (nSPS) is 12.5. The van der Waals surface area contributed by atoms with Crippen LogP contribution in [0.2, 0.25) is 0 Å². The van der Waals surface area contributed by atoms with E-state index < -0.39 is 0 Å². The Morgan fingerprint density at radius 3 is 2.59 bits per heavy atom. The highest BCUT2D eigenvalue weighted by Crippen LogP contribution is 2.18. The van der Waals surface area contributed by atoms with Gasteiger partial charge in [0.1, 0.15) is 12.4 Å². The minimum Gasteiger partial charge on any atom is -0.467 e. The highest BCUT2D eigenvalue weighted by atomic mass is 79.9. The first-order valence-corrected chi connectivity index (χ1v) is 6.73. The Balaban J connectivity index is 1.84. The molecule has 0 bridgehead atoms. The van der Waals surface area contributed by atoms with Gasteiger partial charge in [-0.15, -0.1) is 0 Å². The van der Waals surface area contributed by atoms with Crippen molar-refractivity contribution >= 4 is 15.9 Å². The molecule has 1 heterocycles. The Bertz CT molecular complexity index is 411. The molecule has 0 aliphatic rings. The standard InChI is InChI=1S/C14H15BrO2/c15-9-13(12-5-2-1-3-6-12)10-16-11-14-7-4-8-17-14/h1-8,13H,9-11H2. The summed E-state index contributed by atoms with van der Waals surface area (Å²) >= 11 is 3.53. The van der Waals surface area contributed by atoms with E-state index in [1.54, 1.807) is 6.26 Å². The SMILES string of the molecule is BrCC(COCc1ccco1)c1ccccc1. The lowest BCUT2D eigenvalue weighted by Crippen LogP contribution is -2.09. The van der Waals surface area contributed by atoms with Crippen LogP contribution < -0.4 is 0 Å². The first-order valence-electron chi connectivity index (χ1n) is 5.61. The lowest BCUT2D eigenvalue weighted by molar-refractivity contribution is 0.0976. The fourth-order valence-corrected chi connectivity index (χ4v) is 2.21. The zero-order valence-electron chi connectivity index (χ0n) is 9.51. The largest absolute Gasteiger partial charge is 0.467 e. The summed E-state index contributed by atoms with van der Waals surface area (Å²) in [7, 11) is 0. The van der Waals surface area contributed by atoms with Gasteiger partial charge in [-0.3, -0.25) is 0 Å². The Morgan fingerprint density at radius 1 is 1.12 bits per heavy atom. The average Bonchev–Trinajstić information content (AvgIpc) is 2.89. The molecule has 0 aliphatic carbocycles. The fourth-order valence-electron chi connectivity index (χ4n) is 1.65.